The van der Waals surface area contributed by atoms with E-state index in [0.717, 1.165) is 0 Å². The van der Waals surface area contributed by atoms with E-state index in [4.69, 9.17) is 10.5 Å². The fourth-order valence-electron chi connectivity index (χ4n) is 2.34. The second-order valence-corrected chi connectivity index (χ2v) is 4.14. The molecule has 1 aromatic heterocycles. The van der Waals surface area contributed by atoms with Crippen LogP contribution in [0.25, 0.3) is 11.1 Å². The number of nitrogens with zero attached hydrogens (tertiary/aromatic N) is 1. The van der Waals surface area contributed by atoms with Gasteiger partial charge in [-0.1, -0.05) is 18.2 Å². The molecule has 0 amide bonds. The Morgan fingerprint density at radius 3 is 2.82 bits per heavy atom. The lowest BCUT2D eigenvalue weighted by molar-refractivity contribution is 0.0725. The van der Waals surface area contributed by atoms with Gasteiger partial charge in [0.15, 0.2) is 0 Å². The molecule has 3 heteroatoms. The zero-order chi connectivity index (χ0) is 11.7. The van der Waals surface area contributed by atoms with Gasteiger partial charge in [0.25, 0.3) is 0 Å². The number of rotatable bonds is 2. The number of hydrogen-bond acceptors (Lipinski definition) is 3. The Balaban J connectivity index is 2.12. The molecule has 1 atom stereocenters. The molecule has 0 bridgehead atoms. The molecular formula is C14H14N2O. The van der Waals surface area contributed by atoms with Crippen molar-refractivity contribution >= 4 is 0 Å². The lowest BCUT2D eigenvalue weighted by atomic mass is 9.96. The highest BCUT2D eigenvalue weighted by Crippen LogP contribution is 2.36. The van der Waals surface area contributed by atoms with Crippen molar-refractivity contribution in [2.75, 3.05) is 6.54 Å². The van der Waals surface area contributed by atoms with Crippen LogP contribution < -0.4 is 5.73 Å². The van der Waals surface area contributed by atoms with E-state index in [9.17, 15) is 0 Å². The minimum atomic E-state index is 0.0480. The van der Waals surface area contributed by atoms with Gasteiger partial charge in [0.1, 0.15) is 0 Å². The van der Waals surface area contributed by atoms with Crippen molar-refractivity contribution in [2.24, 2.45) is 5.73 Å². The maximum atomic E-state index is 5.70. The molecule has 3 rings (SSSR count). The van der Waals surface area contributed by atoms with Crippen molar-refractivity contribution in [1.82, 2.24) is 4.98 Å². The predicted octanol–water partition coefficient (Wildman–Crippen LogP) is 2.28. The number of aromatic nitrogens is 1. The standard InChI is InChI=1S/C14H14N2O/c15-8-14-12-3-1-2-11(13(12)9-17-14)10-4-6-16-7-5-10/h1-7,14H,8-9,15H2. The summed E-state index contributed by atoms with van der Waals surface area (Å²) in [6, 6.07) is 10.3. The van der Waals surface area contributed by atoms with E-state index in [1.54, 1.807) is 0 Å². The first-order chi connectivity index (χ1) is 8.40. The third-order valence-corrected chi connectivity index (χ3v) is 3.19. The molecule has 2 aromatic rings. The first-order valence-corrected chi connectivity index (χ1v) is 5.74. The first-order valence-electron chi connectivity index (χ1n) is 5.74. The third kappa shape index (κ3) is 1.73. The Morgan fingerprint density at radius 1 is 1.24 bits per heavy atom. The molecule has 0 spiro atoms. The molecule has 0 fully saturated rings. The van der Waals surface area contributed by atoms with Crippen molar-refractivity contribution in [3.63, 3.8) is 0 Å². The summed E-state index contributed by atoms with van der Waals surface area (Å²) in [7, 11) is 0. The molecule has 0 saturated heterocycles. The van der Waals surface area contributed by atoms with Gasteiger partial charge in [0, 0.05) is 18.9 Å². The molecule has 2 N–H and O–H groups in total. The maximum absolute atomic E-state index is 5.70. The van der Waals surface area contributed by atoms with Crippen LogP contribution in [0.15, 0.2) is 42.7 Å². The quantitative estimate of drug-likeness (QED) is 0.854. The Hall–Kier alpha value is -1.71. The second kappa shape index (κ2) is 4.28. The van der Waals surface area contributed by atoms with Crippen LogP contribution in [0.2, 0.25) is 0 Å². The van der Waals surface area contributed by atoms with Crippen molar-refractivity contribution in [3.05, 3.63) is 53.9 Å². The molecule has 0 radical (unpaired) electrons. The number of nitrogens with two attached hydrogens (primary N) is 1. The highest BCUT2D eigenvalue weighted by Gasteiger charge is 2.24. The molecule has 86 valence electrons. The normalized spacial score (nSPS) is 18.1. The third-order valence-electron chi connectivity index (χ3n) is 3.19. The van der Waals surface area contributed by atoms with Crippen LogP contribution in [0.1, 0.15) is 17.2 Å². The van der Waals surface area contributed by atoms with E-state index in [-0.39, 0.29) is 6.10 Å². The maximum Gasteiger partial charge on any atom is 0.0955 e. The highest BCUT2D eigenvalue weighted by atomic mass is 16.5. The summed E-state index contributed by atoms with van der Waals surface area (Å²) in [5, 5.41) is 0. The average Bonchev–Trinajstić information content (AvgIpc) is 2.82. The smallest absolute Gasteiger partial charge is 0.0955 e. The van der Waals surface area contributed by atoms with E-state index >= 15 is 0 Å². The van der Waals surface area contributed by atoms with Gasteiger partial charge in [0.2, 0.25) is 0 Å². The Labute approximate surface area is 100 Å². The first kappa shape index (κ1) is 10.4. The predicted molar refractivity (Wildman–Crippen MR) is 66.3 cm³/mol. The number of ether oxygens (including phenoxy) is 1. The minimum Gasteiger partial charge on any atom is -0.367 e. The largest absolute Gasteiger partial charge is 0.367 e. The van der Waals surface area contributed by atoms with Gasteiger partial charge < -0.3 is 10.5 Å². The van der Waals surface area contributed by atoms with Gasteiger partial charge in [0.05, 0.1) is 12.7 Å². The van der Waals surface area contributed by atoms with Crippen LogP contribution >= 0.6 is 0 Å². The Morgan fingerprint density at radius 2 is 2.06 bits per heavy atom. The summed E-state index contributed by atoms with van der Waals surface area (Å²) in [4.78, 5) is 4.04. The van der Waals surface area contributed by atoms with Gasteiger partial charge >= 0.3 is 0 Å². The fourth-order valence-corrected chi connectivity index (χ4v) is 2.34. The topological polar surface area (TPSA) is 48.1 Å². The van der Waals surface area contributed by atoms with E-state index in [1.165, 1.54) is 22.3 Å². The monoisotopic (exact) mass is 226 g/mol. The molecule has 17 heavy (non-hydrogen) atoms. The number of hydrogen-bond donors (Lipinski definition) is 1. The van der Waals surface area contributed by atoms with Crippen LogP contribution in [0.3, 0.4) is 0 Å². The molecule has 1 aromatic carbocycles. The SMILES string of the molecule is NCC1OCc2c(-c3ccncc3)cccc21. The molecule has 0 aliphatic carbocycles. The van der Waals surface area contributed by atoms with Crippen molar-refractivity contribution < 1.29 is 4.74 Å². The van der Waals surface area contributed by atoms with Crippen LogP contribution in [0, 0.1) is 0 Å². The zero-order valence-electron chi connectivity index (χ0n) is 9.47. The lowest BCUT2D eigenvalue weighted by Crippen LogP contribution is -2.10. The Kier molecular flexibility index (Phi) is 2.63. The van der Waals surface area contributed by atoms with Crippen LogP contribution in [-0.4, -0.2) is 11.5 Å². The lowest BCUT2D eigenvalue weighted by Gasteiger charge is -2.09. The van der Waals surface area contributed by atoms with E-state index in [1.807, 2.05) is 24.5 Å². The summed E-state index contributed by atoms with van der Waals surface area (Å²) in [6.45, 7) is 1.18. The van der Waals surface area contributed by atoms with Gasteiger partial charge in [-0.3, -0.25) is 4.98 Å². The van der Waals surface area contributed by atoms with Crippen LogP contribution in [0.4, 0.5) is 0 Å². The molecule has 3 nitrogen and oxygen atoms in total. The van der Waals surface area contributed by atoms with Gasteiger partial charge in [-0.2, -0.15) is 0 Å². The highest BCUT2D eigenvalue weighted by molar-refractivity contribution is 5.69. The molecule has 1 unspecified atom stereocenters. The number of benzene rings is 1. The van der Waals surface area contributed by atoms with Gasteiger partial charge in [-0.15, -0.1) is 0 Å². The Bertz CT molecular complexity index is 525. The van der Waals surface area contributed by atoms with E-state index < -0.39 is 0 Å². The molecule has 0 saturated carbocycles. The molecule has 1 aliphatic heterocycles. The van der Waals surface area contributed by atoms with E-state index in [2.05, 4.69) is 23.2 Å². The summed E-state index contributed by atoms with van der Waals surface area (Å²) >= 11 is 0. The van der Waals surface area contributed by atoms with Crippen molar-refractivity contribution in [2.45, 2.75) is 12.7 Å². The average molecular weight is 226 g/mol. The number of pyridine rings is 1. The molecule has 1 aliphatic rings. The van der Waals surface area contributed by atoms with Gasteiger partial charge in [-0.25, -0.2) is 0 Å². The van der Waals surface area contributed by atoms with Gasteiger partial charge in [-0.05, 0) is 34.4 Å². The fraction of sp³-hybridized carbons (Fsp3) is 0.214. The van der Waals surface area contributed by atoms with Crippen LogP contribution in [-0.2, 0) is 11.3 Å². The summed E-state index contributed by atoms with van der Waals surface area (Å²) in [5.74, 6) is 0. The van der Waals surface area contributed by atoms with E-state index in [0.29, 0.717) is 13.2 Å². The zero-order valence-corrected chi connectivity index (χ0v) is 9.47. The molecule has 2 heterocycles. The minimum absolute atomic E-state index is 0.0480. The number of fused-ring (bicyclic) bond motifs is 1. The summed E-state index contributed by atoms with van der Waals surface area (Å²) in [5.41, 5.74) is 10.6. The van der Waals surface area contributed by atoms with Crippen molar-refractivity contribution in [3.8, 4) is 11.1 Å². The second-order valence-electron chi connectivity index (χ2n) is 4.14. The van der Waals surface area contributed by atoms with Crippen LogP contribution in [0.5, 0.6) is 0 Å². The van der Waals surface area contributed by atoms with Crippen molar-refractivity contribution in [1.29, 1.82) is 0 Å². The summed E-state index contributed by atoms with van der Waals surface area (Å²) < 4.78 is 5.69. The molecular weight excluding hydrogens is 212 g/mol. The summed E-state index contributed by atoms with van der Waals surface area (Å²) in [6.07, 6.45) is 3.67.